The number of rotatable bonds is 8. The van der Waals surface area contributed by atoms with Crippen LogP contribution >= 0.6 is 0 Å². The van der Waals surface area contributed by atoms with Crippen LogP contribution in [0.25, 0.3) is 0 Å². The number of benzene rings is 2. The first-order chi connectivity index (χ1) is 19.9. The van der Waals surface area contributed by atoms with Crippen LogP contribution in [0.2, 0.25) is 0 Å². The Labute approximate surface area is 243 Å². The van der Waals surface area contributed by atoms with Gasteiger partial charge in [0.15, 0.2) is 9.84 Å². The lowest BCUT2D eigenvalue weighted by Gasteiger charge is -2.60. The molecule has 1 aliphatic heterocycles. The average Bonchev–Trinajstić information content (AvgIpc) is 3.00. The fourth-order valence-corrected chi connectivity index (χ4v) is 9.30. The maximum atomic E-state index is 13.0. The highest BCUT2D eigenvalue weighted by atomic mass is 32.2. The lowest BCUT2D eigenvalue weighted by molar-refractivity contribution is -0.680. The fraction of sp³-hybridized carbons (Fsp3) is 0.576. The summed E-state index contributed by atoms with van der Waals surface area (Å²) in [5.74, 6) is 0.727. The molecule has 2 spiro atoms. The first kappa shape index (κ1) is 27.7. The lowest BCUT2D eigenvalue weighted by atomic mass is 9.53. The maximum absolute atomic E-state index is 13.0. The van der Waals surface area contributed by atoms with Crippen LogP contribution in [0.15, 0.2) is 77.0 Å². The van der Waals surface area contributed by atoms with Crippen molar-refractivity contribution < 1.29 is 28.0 Å². The highest BCUT2D eigenvalue weighted by Gasteiger charge is 2.64. The second kappa shape index (κ2) is 11.2. The van der Waals surface area contributed by atoms with Crippen molar-refractivity contribution in [3.05, 3.63) is 77.7 Å². The van der Waals surface area contributed by atoms with E-state index in [-0.39, 0.29) is 12.1 Å². The number of aryl methyl sites for hydroxylation is 1. The van der Waals surface area contributed by atoms with Crippen molar-refractivity contribution in [1.29, 1.82) is 0 Å². The van der Waals surface area contributed by atoms with Crippen molar-refractivity contribution >= 4 is 9.84 Å². The van der Waals surface area contributed by atoms with Gasteiger partial charge in [0.05, 0.1) is 4.90 Å². The monoisotopic (exact) mass is 579 g/mol. The molecule has 4 bridgehead atoms. The summed E-state index contributed by atoms with van der Waals surface area (Å²) >= 11 is 0. The highest BCUT2D eigenvalue weighted by molar-refractivity contribution is 7.94. The summed E-state index contributed by atoms with van der Waals surface area (Å²) < 4.78 is 25.9. The van der Waals surface area contributed by atoms with Crippen LogP contribution in [0.5, 0.6) is 0 Å². The summed E-state index contributed by atoms with van der Waals surface area (Å²) in [7, 11) is -3.52. The van der Waals surface area contributed by atoms with Gasteiger partial charge in [-0.15, -0.1) is 0 Å². The summed E-state index contributed by atoms with van der Waals surface area (Å²) in [5, 5.41) is 5.08. The van der Waals surface area contributed by atoms with Gasteiger partial charge in [-0.2, -0.15) is 19.6 Å². The summed E-state index contributed by atoms with van der Waals surface area (Å²) in [5.41, 5.74) is 1.23. The van der Waals surface area contributed by atoms with E-state index in [4.69, 9.17) is 19.6 Å². The minimum atomic E-state index is -3.52. The second-order valence-corrected chi connectivity index (χ2v) is 14.9. The van der Waals surface area contributed by atoms with Gasteiger partial charge in [-0.3, -0.25) is 0 Å². The van der Waals surface area contributed by atoms with Crippen molar-refractivity contribution in [2.75, 3.05) is 0 Å². The Balaban J connectivity index is 0.979. The molecule has 0 radical (unpaired) electrons. The molecule has 220 valence electrons. The molecule has 2 aromatic carbocycles. The molecule has 5 saturated carbocycles. The van der Waals surface area contributed by atoms with Crippen molar-refractivity contribution in [3.8, 4) is 0 Å². The largest absolute Gasteiger partial charge is 0.308 e. The zero-order valence-electron chi connectivity index (χ0n) is 23.5. The van der Waals surface area contributed by atoms with Crippen molar-refractivity contribution in [2.45, 2.75) is 99.2 Å². The molecule has 1 N–H and O–H groups in total. The van der Waals surface area contributed by atoms with E-state index in [0.717, 1.165) is 63.2 Å². The number of nitrogens with one attached hydrogen (secondary N) is 1. The first-order valence-electron chi connectivity index (χ1n) is 15.4. The summed E-state index contributed by atoms with van der Waals surface area (Å²) in [6.07, 6.45) is 12.4. The third-order valence-electron chi connectivity index (χ3n) is 10.3. The smallest absolute Gasteiger partial charge is 0.239 e. The Morgan fingerprint density at radius 1 is 0.805 bits per heavy atom. The van der Waals surface area contributed by atoms with Gasteiger partial charge < -0.3 is 5.32 Å². The van der Waals surface area contributed by atoms with Gasteiger partial charge in [-0.25, -0.2) is 8.42 Å². The van der Waals surface area contributed by atoms with Gasteiger partial charge >= 0.3 is 0 Å². The van der Waals surface area contributed by atoms with Crippen LogP contribution in [-0.2, 0) is 35.8 Å². The molecule has 5 aliphatic carbocycles. The fourth-order valence-electron chi connectivity index (χ4n) is 8.21. The van der Waals surface area contributed by atoms with E-state index in [2.05, 4.69) is 17.4 Å². The van der Waals surface area contributed by atoms with E-state index in [0.29, 0.717) is 29.6 Å². The molecule has 8 heteroatoms. The molecule has 8 rings (SSSR count). The molecule has 41 heavy (non-hydrogen) atoms. The zero-order valence-corrected chi connectivity index (χ0v) is 24.3. The molecule has 2 aromatic rings. The summed E-state index contributed by atoms with van der Waals surface area (Å²) in [4.78, 5) is 25.0. The molecule has 0 amide bonds. The van der Waals surface area contributed by atoms with Crippen molar-refractivity contribution in [3.63, 3.8) is 0 Å². The average molecular weight is 580 g/mol. The second-order valence-electron chi connectivity index (χ2n) is 13.0. The minimum absolute atomic E-state index is 0.0928. The van der Waals surface area contributed by atoms with Gasteiger partial charge in [0.1, 0.15) is 0 Å². The van der Waals surface area contributed by atoms with Gasteiger partial charge in [0, 0.05) is 42.2 Å². The molecule has 6 fully saturated rings. The summed E-state index contributed by atoms with van der Waals surface area (Å²) in [6.45, 7) is 0. The number of hydrogen-bond donors (Lipinski definition) is 1. The van der Waals surface area contributed by atoms with E-state index in [9.17, 15) is 8.42 Å². The Morgan fingerprint density at radius 3 is 2.00 bits per heavy atom. The SMILES string of the molecule is O=S(=O)(/C=C/[C@H](CCc1ccccc1)NC1CCC2(CC1)OOC1(OO2)C2CC3CC(C2)CC1C3)c1ccccc1. The van der Waals surface area contributed by atoms with Gasteiger partial charge in [0.2, 0.25) is 11.6 Å². The van der Waals surface area contributed by atoms with E-state index >= 15 is 0 Å². The molecule has 7 nitrogen and oxygen atoms in total. The zero-order chi connectivity index (χ0) is 27.9. The quantitative estimate of drug-likeness (QED) is 0.369. The first-order valence-corrected chi connectivity index (χ1v) is 17.0. The minimum Gasteiger partial charge on any atom is -0.308 e. The maximum Gasteiger partial charge on any atom is 0.239 e. The van der Waals surface area contributed by atoms with E-state index in [1.54, 1.807) is 24.3 Å². The van der Waals surface area contributed by atoms with Crippen LogP contribution in [0.4, 0.5) is 0 Å². The normalized spacial score (nSPS) is 37.2. The molecular weight excluding hydrogens is 538 g/mol. The lowest BCUT2D eigenvalue weighted by Crippen LogP contribution is -2.65. The topological polar surface area (TPSA) is 83.1 Å². The van der Waals surface area contributed by atoms with Crippen LogP contribution in [0.1, 0.15) is 69.8 Å². The molecule has 0 unspecified atom stereocenters. The standard InChI is InChI=1S/C33H41NO6S/c35-41(36,31-9-5-2-6-10-31)18-15-29(12-11-24-7-3-1-4-8-24)34-30-13-16-32(17-14-30)37-39-33(40-38-32)27-20-25-19-26(22-27)23-28(33)21-25/h1-10,15,18,25-30,34H,11-14,16-17,19-23H2/b18-15+/t25?,26?,27?,28?,29-,30?,32?,33?/m0/s1. The molecule has 1 atom stereocenters. The molecule has 1 saturated heterocycles. The molecular formula is C33H41NO6S. The Hall–Kier alpha value is -2.07. The third kappa shape index (κ3) is 5.67. The molecule has 6 aliphatic rings. The molecule has 0 aromatic heterocycles. The van der Waals surface area contributed by atoms with Gasteiger partial charge in [-0.05, 0) is 87.3 Å². The van der Waals surface area contributed by atoms with Crippen LogP contribution in [-0.4, -0.2) is 32.1 Å². The number of hydrogen-bond acceptors (Lipinski definition) is 7. The molecule has 1 heterocycles. The van der Waals surface area contributed by atoms with Gasteiger partial charge in [0.25, 0.3) is 0 Å². The van der Waals surface area contributed by atoms with Gasteiger partial charge in [-0.1, -0.05) is 54.6 Å². The van der Waals surface area contributed by atoms with E-state index < -0.39 is 21.4 Å². The van der Waals surface area contributed by atoms with E-state index in [1.807, 2.05) is 30.3 Å². The number of sulfone groups is 1. The highest BCUT2D eigenvalue weighted by Crippen LogP contribution is 2.61. The van der Waals surface area contributed by atoms with Crippen LogP contribution < -0.4 is 5.32 Å². The van der Waals surface area contributed by atoms with Crippen molar-refractivity contribution in [1.82, 2.24) is 5.32 Å². The Bertz CT molecular complexity index is 1280. The van der Waals surface area contributed by atoms with Crippen LogP contribution in [0.3, 0.4) is 0 Å². The predicted molar refractivity (Wildman–Crippen MR) is 154 cm³/mol. The third-order valence-corrected chi connectivity index (χ3v) is 11.7. The van der Waals surface area contributed by atoms with Crippen LogP contribution in [0, 0.1) is 23.7 Å². The van der Waals surface area contributed by atoms with E-state index in [1.165, 1.54) is 17.4 Å². The summed E-state index contributed by atoms with van der Waals surface area (Å²) in [6, 6.07) is 19.0. The Kier molecular flexibility index (Phi) is 7.59. The predicted octanol–water partition coefficient (Wildman–Crippen LogP) is 6.27. The Morgan fingerprint density at radius 2 is 1.39 bits per heavy atom. The van der Waals surface area contributed by atoms with Crippen molar-refractivity contribution in [2.24, 2.45) is 23.7 Å².